The van der Waals surface area contributed by atoms with E-state index in [-0.39, 0.29) is 11.8 Å². The summed E-state index contributed by atoms with van der Waals surface area (Å²) in [4.78, 5) is 22.2. The van der Waals surface area contributed by atoms with Gasteiger partial charge < -0.3 is 4.74 Å². The highest BCUT2D eigenvalue weighted by Gasteiger charge is 2.04. The van der Waals surface area contributed by atoms with Gasteiger partial charge in [0.25, 0.3) is 0 Å². The first-order valence-electron chi connectivity index (χ1n) is 4.92. The summed E-state index contributed by atoms with van der Waals surface area (Å²) in [5.41, 5.74) is 1.70. The molecule has 0 atom stereocenters. The van der Waals surface area contributed by atoms with E-state index in [1.165, 1.54) is 7.11 Å². The van der Waals surface area contributed by atoms with Gasteiger partial charge in [-0.3, -0.25) is 9.59 Å². The van der Waals surface area contributed by atoms with Crippen molar-refractivity contribution in [2.75, 3.05) is 12.4 Å². The Morgan fingerprint density at radius 1 is 1.25 bits per heavy atom. The molecular weight excluding hydrogens is 272 g/mol. The van der Waals surface area contributed by atoms with Crippen molar-refractivity contribution in [3.8, 4) is 0 Å². The summed E-state index contributed by atoms with van der Waals surface area (Å²) in [6, 6.07) is 7.27. The molecule has 0 bridgehead atoms. The average Bonchev–Trinajstić information content (AvgIpc) is 2.35. The van der Waals surface area contributed by atoms with Crippen molar-refractivity contribution in [1.29, 1.82) is 0 Å². The largest absolute Gasteiger partial charge is 0.469 e. The van der Waals surface area contributed by atoms with Crippen LogP contribution in [0.5, 0.6) is 0 Å². The maximum absolute atomic E-state index is 11.3. The van der Waals surface area contributed by atoms with Crippen molar-refractivity contribution in [2.24, 2.45) is 0 Å². The molecular formula is C12H13BrO3. The number of ether oxygens (including phenoxy) is 1. The first-order valence-corrected chi connectivity index (χ1v) is 6.04. The minimum Gasteiger partial charge on any atom is -0.469 e. The van der Waals surface area contributed by atoms with E-state index < -0.39 is 0 Å². The van der Waals surface area contributed by atoms with Crippen LogP contribution in [-0.4, -0.2) is 24.2 Å². The van der Waals surface area contributed by atoms with Crippen LogP contribution in [0.3, 0.4) is 0 Å². The number of methoxy groups -OCH3 is 1. The third-order valence-corrected chi connectivity index (χ3v) is 2.75. The summed E-state index contributed by atoms with van der Waals surface area (Å²) in [6.07, 6.45) is 0.998. The van der Waals surface area contributed by atoms with Gasteiger partial charge in [-0.05, 0) is 12.0 Å². The van der Waals surface area contributed by atoms with Gasteiger partial charge in [0.15, 0.2) is 5.78 Å². The number of rotatable bonds is 5. The summed E-state index contributed by atoms with van der Waals surface area (Å²) in [5, 5.41) is 0.328. The summed E-state index contributed by atoms with van der Waals surface area (Å²) in [6.45, 7) is 0. The fraction of sp³-hybridized carbons (Fsp3) is 0.333. The van der Waals surface area contributed by atoms with Crippen molar-refractivity contribution in [2.45, 2.75) is 12.8 Å². The van der Waals surface area contributed by atoms with Gasteiger partial charge in [0, 0.05) is 12.0 Å². The summed E-state index contributed by atoms with van der Waals surface area (Å²) < 4.78 is 4.55. The van der Waals surface area contributed by atoms with Crippen LogP contribution in [0.25, 0.3) is 0 Å². The molecule has 0 spiro atoms. The highest BCUT2D eigenvalue weighted by atomic mass is 79.9. The molecule has 1 aromatic carbocycles. The van der Waals surface area contributed by atoms with Crippen LogP contribution in [0.1, 0.15) is 22.3 Å². The Labute approximate surface area is 103 Å². The van der Waals surface area contributed by atoms with E-state index in [9.17, 15) is 9.59 Å². The maximum atomic E-state index is 11.3. The number of aryl methyl sites for hydroxylation is 1. The van der Waals surface area contributed by atoms with Gasteiger partial charge in [-0.15, -0.1) is 0 Å². The van der Waals surface area contributed by atoms with Crippen LogP contribution >= 0.6 is 15.9 Å². The zero-order valence-corrected chi connectivity index (χ0v) is 10.6. The molecule has 0 aliphatic heterocycles. The number of ketones is 1. The van der Waals surface area contributed by atoms with Gasteiger partial charge in [0.1, 0.15) is 0 Å². The summed E-state index contributed by atoms with van der Waals surface area (Å²) in [7, 11) is 1.38. The molecule has 0 heterocycles. The Morgan fingerprint density at radius 2 is 1.88 bits per heavy atom. The Hall–Kier alpha value is -1.16. The van der Waals surface area contributed by atoms with E-state index in [1.54, 1.807) is 12.1 Å². The number of esters is 1. The highest BCUT2D eigenvalue weighted by Crippen LogP contribution is 2.08. The van der Waals surface area contributed by atoms with E-state index in [2.05, 4.69) is 20.7 Å². The lowest BCUT2D eigenvalue weighted by Crippen LogP contribution is -2.03. The molecule has 0 saturated heterocycles. The summed E-state index contributed by atoms with van der Waals surface area (Å²) in [5.74, 6) is -0.167. The van der Waals surface area contributed by atoms with Crippen molar-refractivity contribution >= 4 is 27.7 Å². The second kappa shape index (κ2) is 6.43. The molecule has 0 amide bonds. The molecule has 16 heavy (non-hydrogen) atoms. The van der Waals surface area contributed by atoms with Gasteiger partial charge in [-0.2, -0.15) is 0 Å². The fourth-order valence-electron chi connectivity index (χ4n) is 1.28. The van der Waals surface area contributed by atoms with Gasteiger partial charge in [0.05, 0.1) is 12.4 Å². The minimum absolute atomic E-state index is 0.0551. The third-order valence-electron chi connectivity index (χ3n) is 2.24. The van der Waals surface area contributed by atoms with Crippen LogP contribution in [0.2, 0.25) is 0 Å². The van der Waals surface area contributed by atoms with E-state index in [1.807, 2.05) is 12.1 Å². The molecule has 0 aliphatic rings. The van der Waals surface area contributed by atoms with Gasteiger partial charge in [-0.1, -0.05) is 40.2 Å². The SMILES string of the molecule is COC(=O)CCc1ccc(C(=O)CBr)cc1. The van der Waals surface area contributed by atoms with Crippen LogP contribution in [0.4, 0.5) is 0 Å². The lowest BCUT2D eigenvalue weighted by atomic mass is 10.1. The number of benzene rings is 1. The smallest absolute Gasteiger partial charge is 0.305 e. The molecule has 0 fully saturated rings. The standard InChI is InChI=1S/C12H13BrO3/c1-16-12(15)7-4-9-2-5-10(6-3-9)11(14)8-13/h2-3,5-6H,4,7-8H2,1H3. The molecule has 0 unspecified atom stereocenters. The predicted molar refractivity (Wildman–Crippen MR) is 64.9 cm³/mol. The van der Waals surface area contributed by atoms with E-state index in [4.69, 9.17) is 0 Å². The summed E-state index contributed by atoms with van der Waals surface area (Å²) >= 11 is 3.12. The van der Waals surface area contributed by atoms with Gasteiger partial charge in [0.2, 0.25) is 0 Å². The molecule has 86 valence electrons. The van der Waals surface area contributed by atoms with E-state index in [0.29, 0.717) is 23.7 Å². The van der Waals surface area contributed by atoms with Crippen molar-refractivity contribution < 1.29 is 14.3 Å². The molecule has 0 N–H and O–H groups in total. The first kappa shape index (κ1) is 12.9. The lowest BCUT2D eigenvalue weighted by Gasteiger charge is -2.02. The van der Waals surface area contributed by atoms with Crippen LogP contribution < -0.4 is 0 Å². The number of hydrogen-bond acceptors (Lipinski definition) is 3. The average molecular weight is 285 g/mol. The number of carbonyl (C=O) groups excluding carboxylic acids is 2. The molecule has 3 nitrogen and oxygen atoms in total. The molecule has 0 saturated carbocycles. The normalized spacial score (nSPS) is 9.88. The van der Waals surface area contributed by atoms with Crippen LogP contribution in [0.15, 0.2) is 24.3 Å². The second-order valence-electron chi connectivity index (χ2n) is 3.33. The zero-order chi connectivity index (χ0) is 12.0. The van der Waals surface area contributed by atoms with Gasteiger partial charge >= 0.3 is 5.97 Å². The van der Waals surface area contributed by atoms with Crippen molar-refractivity contribution in [3.63, 3.8) is 0 Å². The van der Waals surface area contributed by atoms with Crippen LogP contribution in [0, 0.1) is 0 Å². The van der Waals surface area contributed by atoms with E-state index in [0.717, 1.165) is 5.56 Å². The molecule has 1 aromatic rings. The molecule has 4 heteroatoms. The monoisotopic (exact) mass is 284 g/mol. The van der Waals surface area contributed by atoms with Gasteiger partial charge in [-0.25, -0.2) is 0 Å². The Morgan fingerprint density at radius 3 is 2.38 bits per heavy atom. The van der Waals surface area contributed by atoms with Crippen LogP contribution in [-0.2, 0) is 16.0 Å². The Kier molecular flexibility index (Phi) is 5.19. The minimum atomic E-state index is -0.222. The number of alkyl halides is 1. The number of halogens is 1. The molecule has 0 aromatic heterocycles. The topological polar surface area (TPSA) is 43.4 Å². The lowest BCUT2D eigenvalue weighted by molar-refractivity contribution is -0.140. The highest BCUT2D eigenvalue weighted by molar-refractivity contribution is 9.09. The third kappa shape index (κ3) is 3.77. The molecule has 0 radical (unpaired) electrons. The van der Waals surface area contributed by atoms with E-state index >= 15 is 0 Å². The number of Topliss-reactive ketones (excluding diaryl/α,β-unsaturated/α-hetero) is 1. The maximum Gasteiger partial charge on any atom is 0.305 e. The molecule has 1 rings (SSSR count). The quantitative estimate of drug-likeness (QED) is 0.474. The number of hydrogen-bond donors (Lipinski definition) is 0. The molecule has 0 aliphatic carbocycles. The first-order chi connectivity index (χ1) is 7.67. The van der Waals surface area contributed by atoms with Crippen molar-refractivity contribution in [3.05, 3.63) is 35.4 Å². The predicted octanol–water partition coefficient (Wildman–Crippen LogP) is 2.37. The fourth-order valence-corrected chi connectivity index (χ4v) is 1.61. The Balaban J connectivity index is 2.58. The van der Waals surface area contributed by atoms with Crippen molar-refractivity contribution in [1.82, 2.24) is 0 Å². The Bertz CT molecular complexity index is 370. The zero-order valence-electron chi connectivity index (χ0n) is 9.03. The second-order valence-corrected chi connectivity index (χ2v) is 3.89. The number of carbonyl (C=O) groups is 2.